The van der Waals surface area contributed by atoms with Gasteiger partial charge in [0.25, 0.3) is 0 Å². The van der Waals surface area contributed by atoms with Crippen molar-refractivity contribution in [3.8, 4) is 0 Å². The first-order valence-electron chi connectivity index (χ1n) is 5.66. The van der Waals surface area contributed by atoms with Crippen LogP contribution in [0.4, 0.5) is 6.01 Å². The van der Waals surface area contributed by atoms with Crippen LogP contribution in [0.15, 0.2) is 22.8 Å². The lowest BCUT2D eigenvalue weighted by Crippen LogP contribution is -2.13. The highest BCUT2D eigenvalue weighted by atomic mass is 16.5. The van der Waals surface area contributed by atoms with E-state index < -0.39 is 5.97 Å². The lowest BCUT2D eigenvalue weighted by atomic mass is 10.5. The smallest absolute Gasteiger partial charge is 0.360 e. The minimum Gasteiger partial charge on any atom is -0.461 e. The van der Waals surface area contributed by atoms with Crippen LogP contribution in [0.25, 0.3) is 0 Å². The van der Waals surface area contributed by atoms with Gasteiger partial charge in [0.1, 0.15) is 6.26 Å². The molecular weight excluding hydrogens is 234 g/mol. The molecule has 0 aliphatic carbocycles. The summed E-state index contributed by atoms with van der Waals surface area (Å²) in [4.78, 5) is 15.4. The zero-order valence-electron chi connectivity index (χ0n) is 10.6. The maximum atomic E-state index is 11.4. The number of anilines is 1. The number of aromatic nitrogens is 2. The van der Waals surface area contributed by atoms with Gasteiger partial charge in [0, 0.05) is 11.4 Å². The second-order valence-electron chi connectivity index (χ2n) is 3.82. The number of aryl methyl sites for hydroxylation is 2. The van der Waals surface area contributed by atoms with E-state index in [-0.39, 0.29) is 11.7 Å². The monoisotopic (exact) mass is 249 g/mol. The molecule has 0 atom stereocenters. The fourth-order valence-corrected chi connectivity index (χ4v) is 1.56. The van der Waals surface area contributed by atoms with Crippen LogP contribution in [0.5, 0.6) is 0 Å². The van der Waals surface area contributed by atoms with Gasteiger partial charge in [-0.25, -0.2) is 10.2 Å². The van der Waals surface area contributed by atoms with Crippen molar-refractivity contribution >= 4 is 12.0 Å². The predicted molar refractivity (Wildman–Crippen MR) is 65.4 cm³/mol. The van der Waals surface area contributed by atoms with Crippen molar-refractivity contribution in [3.05, 3.63) is 35.5 Å². The standard InChI is InChI=1S/C12H15N3O3/c1-4-17-11(16)10-7-18-12(13-10)14-15-8(2)5-6-9(15)3/h5-7H,4H2,1-3H3,(H,13,14). The van der Waals surface area contributed by atoms with Gasteiger partial charge in [-0.05, 0) is 32.9 Å². The zero-order chi connectivity index (χ0) is 13.1. The van der Waals surface area contributed by atoms with Gasteiger partial charge in [-0.15, -0.1) is 0 Å². The van der Waals surface area contributed by atoms with Crippen LogP contribution >= 0.6 is 0 Å². The van der Waals surface area contributed by atoms with Crippen molar-refractivity contribution in [1.82, 2.24) is 9.66 Å². The molecule has 96 valence electrons. The third-order valence-corrected chi connectivity index (χ3v) is 2.47. The second kappa shape index (κ2) is 4.95. The largest absolute Gasteiger partial charge is 0.461 e. The Kier molecular flexibility index (Phi) is 3.36. The molecule has 0 aromatic carbocycles. The van der Waals surface area contributed by atoms with Crippen molar-refractivity contribution in [2.24, 2.45) is 0 Å². The minimum absolute atomic E-state index is 0.154. The van der Waals surface area contributed by atoms with Crippen LogP contribution in [0.1, 0.15) is 28.8 Å². The number of nitrogens with zero attached hydrogens (tertiary/aromatic N) is 2. The third kappa shape index (κ3) is 2.37. The average Bonchev–Trinajstić information content (AvgIpc) is 2.92. The van der Waals surface area contributed by atoms with Gasteiger partial charge < -0.3 is 9.15 Å². The summed E-state index contributed by atoms with van der Waals surface area (Å²) in [6.07, 6.45) is 1.27. The molecule has 2 aromatic rings. The van der Waals surface area contributed by atoms with Gasteiger partial charge >= 0.3 is 12.0 Å². The molecule has 0 spiro atoms. The number of hydrogen-bond acceptors (Lipinski definition) is 5. The molecule has 2 rings (SSSR count). The van der Waals surface area contributed by atoms with E-state index >= 15 is 0 Å². The Morgan fingerprint density at radius 3 is 2.72 bits per heavy atom. The summed E-state index contributed by atoms with van der Waals surface area (Å²) in [6.45, 7) is 5.96. The molecule has 0 unspecified atom stereocenters. The fraction of sp³-hybridized carbons (Fsp3) is 0.333. The van der Waals surface area contributed by atoms with E-state index in [4.69, 9.17) is 9.15 Å². The maximum Gasteiger partial charge on any atom is 0.360 e. The van der Waals surface area contributed by atoms with Crippen LogP contribution in [0, 0.1) is 13.8 Å². The molecule has 18 heavy (non-hydrogen) atoms. The minimum atomic E-state index is -0.491. The van der Waals surface area contributed by atoms with Crippen LogP contribution in [0.2, 0.25) is 0 Å². The summed E-state index contributed by atoms with van der Waals surface area (Å²) in [6, 6.07) is 4.19. The highest BCUT2D eigenvalue weighted by Gasteiger charge is 2.13. The Bertz CT molecular complexity index is 537. The van der Waals surface area contributed by atoms with Gasteiger partial charge in [0.15, 0.2) is 5.69 Å². The molecule has 0 amide bonds. The molecule has 0 aliphatic rings. The van der Waals surface area contributed by atoms with Crippen LogP contribution in [0.3, 0.4) is 0 Å². The van der Waals surface area contributed by atoms with Gasteiger partial charge in [-0.1, -0.05) is 0 Å². The van der Waals surface area contributed by atoms with Crippen molar-refractivity contribution in [2.45, 2.75) is 20.8 Å². The highest BCUT2D eigenvalue weighted by molar-refractivity contribution is 5.87. The summed E-state index contributed by atoms with van der Waals surface area (Å²) in [5, 5.41) is 0. The molecular formula is C12H15N3O3. The molecule has 1 N–H and O–H groups in total. The molecule has 0 fully saturated rings. The van der Waals surface area contributed by atoms with Crippen molar-refractivity contribution < 1.29 is 13.9 Å². The number of ether oxygens (including phenoxy) is 1. The summed E-state index contributed by atoms with van der Waals surface area (Å²) in [7, 11) is 0. The normalized spacial score (nSPS) is 10.4. The van der Waals surface area contributed by atoms with Crippen molar-refractivity contribution in [3.63, 3.8) is 0 Å². The first-order valence-corrected chi connectivity index (χ1v) is 5.66. The highest BCUT2D eigenvalue weighted by Crippen LogP contribution is 2.12. The Labute approximate surface area is 105 Å². The number of hydrogen-bond donors (Lipinski definition) is 1. The molecule has 0 saturated carbocycles. The summed E-state index contributed by atoms with van der Waals surface area (Å²) in [5.74, 6) is -0.491. The third-order valence-electron chi connectivity index (χ3n) is 2.47. The molecule has 0 radical (unpaired) electrons. The van der Waals surface area contributed by atoms with Gasteiger partial charge in [0.2, 0.25) is 0 Å². The maximum absolute atomic E-state index is 11.4. The Morgan fingerprint density at radius 2 is 2.11 bits per heavy atom. The topological polar surface area (TPSA) is 69.3 Å². The molecule has 0 bridgehead atoms. The zero-order valence-corrected chi connectivity index (χ0v) is 10.6. The van der Waals surface area contributed by atoms with Crippen molar-refractivity contribution in [2.75, 3.05) is 12.0 Å². The number of rotatable bonds is 4. The molecule has 6 heteroatoms. The number of carbonyl (C=O) groups is 1. The van der Waals surface area contributed by atoms with Crippen molar-refractivity contribution in [1.29, 1.82) is 0 Å². The summed E-state index contributed by atoms with van der Waals surface area (Å²) < 4.78 is 11.8. The van der Waals surface area contributed by atoms with E-state index in [1.54, 1.807) is 6.92 Å². The molecule has 0 aliphatic heterocycles. The summed E-state index contributed by atoms with van der Waals surface area (Å²) >= 11 is 0. The molecule has 6 nitrogen and oxygen atoms in total. The lowest BCUT2D eigenvalue weighted by Gasteiger charge is -2.08. The molecule has 2 aromatic heterocycles. The Balaban J connectivity index is 2.14. The van der Waals surface area contributed by atoms with Gasteiger partial charge in [-0.3, -0.25) is 4.68 Å². The van der Waals surface area contributed by atoms with E-state index in [1.807, 2.05) is 30.7 Å². The first-order chi connectivity index (χ1) is 8.61. The first kappa shape index (κ1) is 12.2. The van der Waals surface area contributed by atoms with E-state index in [9.17, 15) is 4.79 Å². The van der Waals surface area contributed by atoms with E-state index in [1.165, 1.54) is 6.26 Å². The van der Waals surface area contributed by atoms with Crippen LogP contribution in [-0.2, 0) is 4.74 Å². The molecule has 2 heterocycles. The van der Waals surface area contributed by atoms with E-state index in [0.29, 0.717) is 6.61 Å². The van der Waals surface area contributed by atoms with Crippen LogP contribution in [-0.4, -0.2) is 22.2 Å². The van der Waals surface area contributed by atoms with E-state index in [0.717, 1.165) is 11.4 Å². The number of esters is 1. The second-order valence-corrected chi connectivity index (χ2v) is 3.82. The SMILES string of the molecule is CCOC(=O)c1coc(Nn2c(C)ccc2C)n1. The van der Waals surface area contributed by atoms with E-state index in [2.05, 4.69) is 10.4 Å². The average molecular weight is 249 g/mol. The molecule has 0 saturated heterocycles. The van der Waals surface area contributed by atoms with Gasteiger partial charge in [-0.2, -0.15) is 4.98 Å². The summed E-state index contributed by atoms with van der Waals surface area (Å²) in [5.41, 5.74) is 5.16. The predicted octanol–water partition coefficient (Wildman–Crippen LogP) is 2.14. The van der Waals surface area contributed by atoms with Gasteiger partial charge in [0.05, 0.1) is 6.61 Å². The Morgan fingerprint density at radius 1 is 1.44 bits per heavy atom. The van der Waals surface area contributed by atoms with Crippen LogP contribution < -0.4 is 5.43 Å². The lowest BCUT2D eigenvalue weighted by molar-refractivity contribution is 0.0519. The Hall–Kier alpha value is -2.24. The number of oxazole rings is 1. The number of carbonyl (C=O) groups excluding carboxylic acids is 1. The fourth-order valence-electron chi connectivity index (χ4n) is 1.56. The quantitative estimate of drug-likeness (QED) is 0.841. The number of nitrogens with one attached hydrogen (secondary N) is 1.